The van der Waals surface area contributed by atoms with Crippen molar-refractivity contribution in [3.8, 4) is 0 Å². The Morgan fingerprint density at radius 3 is 3.10 bits per heavy atom. The maximum absolute atomic E-state index is 5.50. The molecule has 2 aromatic rings. The highest BCUT2D eigenvalue weighted by Gasteiger charge is 2.34. The Kier molecular flexibility index (Phi) is 4.31. The number of rotatable bonds is 4. The molecule has 1 unspecified atom stereocenters. The molecule has 0 bridgehead atoms. The smallest absolute Gasteiger partial charge is 0.233 e. The topological polar surface area (TPSA) is 51.0 Å². The fourth-order valence-electron chi connectivity index (χ4n) is 2.65. The van der Waals surface area contributed by atoms with Gasteiger partial charge < -0.3 is 9.84 Å². The molecule has 0 amide bonds. The third kappa shape index (κ3) is 3.47. The van der Waals surface area contributed by atoms with E-state index in [1.54, 1.807) is 11.8 Å². The Hall–Kier alpha value is -1.33. The minimum Gasteiger partial charge on any atom is -0.339 e. The van der Waals surface area contributed by atoms with E-state index in [2.05, 4.69) is 53.6 Å². The van der Waals surface area contributed by atoms with Gasteiger partial charge in [-0.2, -0.15) is 4.98 Å². The van der Waals surface area contributed by atoms with Crippen molar-refractivity contribution in [2.24, 2.45) is 0 Å². The van der Waals surface area contributed by atoms with Gasteiger partial charge in [-0.1, -0.05) is 22.9 Å². The Morgan fingerprint density at radius 2 is 2.33 bits per heavy atom. The first kappa shape index (κ1) is 14.6. The third-order valence-electron chi connectivity index (χ3n) is 3.94. The molecule has 0 saturated carbocycles. The van der Waals surface area contributed by atoms with E-state index in [-0.39, 0.29) is 5.41 Å². The van der Waals surface area contributed by atoms with Crippen molar-refractivity contribution in [2.45, 2.75) is 42.8 Å². The van der Waals surface area contributed by atoms with Crippen LogP contribution in [0.5, 0.6) is 0 Å². The molecular weight excluding hydrogens is 282 g/mol. The monoisotopic (exact) mass is 303 g/mol. The second kappa shape index (κ2) is 6.20. The van der Waals surface area contributed by atoms with Crippen molar-refractivity contribution >= 4 is 11.8 Å². The second-order valence-corrected chi connectivity index (χ2v) is 7.01. The lowest BCUT2D eigenvalue weighted by Gasteiger charge is -2.30. The highest BCUT2D eigenvalue weighted by atomic mass is 32.2. The molecule has 1 atom stereocenters. The van der Waals surface area contributed by atoms with E-state index >= 15 is 0 Å². The zero-order chi connectivity index (χ0) is 14.7. The highest BCUT2D eigenvalue weighted by molar-refractivity contribution is 7.98. The van der Waals surface area contributed by atoms with Crippen molar-refractivity contribution in [3.05, 3.63) is 41.5 Å². The zero-order valence-electron chi connectivity index (χ0n) is 12.6. The SMILES string of the molecule is Cc1cccc(SCc2noc(C3(C)CCCNC3)n2)c1. The molecule has 0 aliphatic carbocycles. The number of nitrogens with one attached hydrogen (secondary N) is 1. The Labute approximate surface area is 129 Å². The number of hydrogen-bond donors (Lipinski definition) is 1. The van der Waals surface area contributed by atoms with Gasteiger partial charge in [0.25, 0.3) is 0 Å². The van der Waals surface area contributed by atoms with Crippen LogP contribution in [0.3, 0.4) is 0 Å². The summed E-state index contributed by atoms with van der Waals surface area (Å²) in [6.45, 7) is 6.30. The van der Waals surface area contributed by atoms with Gasteiger partial charge >= 0.3 is 0 Å². The van der Waals surface area contributed by atoms with Crippen LogP contribution in [0.4, 0.5) is 0 Å². The lowest BCUT2D eigenvalue weighted by atomic mass is 9.83. The summed E-state index contributed by atoms with van der Waals surface area (Å²) in [4.78, 5) is 5.85. The van der Waals surface area contributed by atoms with Gasteiger partial charge in [0, 0.05) is 11.4 Å². The van der Waals surface area contributed by atoms with E-state index in [1.165, 1.54) is 10.5 Å². The molecule has 1 aromatic heterocycles. The molecule has 1 N–H and O–H groups in total. The quantitative estimate of drug-likeness (QED) is 0.878. The van der Waals surface area contributed by atoms with Crippen LogP contribution in [-0.2, 0) is 11.2 Å². The fraction of sp³-hybridized carbons (Fsp3) is 0.500. The second-order valence-electron chi connectivity index (χ2n) is 5.96. The summed E-state index contributed by atoms with van der Waals surface area (Å²) in [5.41, 5.74) is 1.26. The van der Waals surface area contributed by atoms with Crippen LogP contribution in [0.15, 0.2) is 33.7 Å². The van der Waals surface area contributed by atoms with E-state index in [0.29, 0.717) is 0 Å². The predicted molar refractivity (Wildman–Crippen MR) is 84.5 cm³/mol. The molecule has 0 spiro atoms. The highest BCUT2D eigenvalue weighted by Crippen LogP contribution is 2.30. The molecular formula is C16H21N3OS. The average Bonchev–Trinajstić information content (AvgIpc) is 2.96. The Morgan fingerprint density at radius 1 is 1.43 bits per heavy atom. The molecule has 21 heavy (non-hydrogen) atoms. The van der Waals surface area contributed by atoms with Gasteiger partial charge in [0.1, 0.15) is 0 Å². The van der Waals surface area contributed by atoms with Crippen LogP contribution in [-0.4, -0.2) is 23.2 Å². The maximum Gasteiger partial charge on any atom is 0.233 e. The van der Waals surface area contributed by atoms with Crippen molar-refractivity contribution in [3.63, 3.8) is 0 Å². The van der Waals surface area contributed by atoms with Crippen LogP contribution in [0.25, 0.3) is 0 Å². The molecule has 5 heteroatoms. The third-order valence-corrected chi connectivity index (χ3v) is 4.93. The van der Waals surface area contributed by atoms with Crippen molar-refractivity contribution in [2.75, 3.05) is 13.1 Å². The standard InChI is InChI=1S/C16H21N3OS/c1-12-5-3-6-13(9-12)21-10-14-18-15(20-19-14)16(2)7-4-8-17-11-16/h3,5-6,9,17H,4,7-8,10-11H2,1-2H3. The molecule has 3 rings (SSSR count). The lowest BCUT2D eigenvalue weighted by Crippen LogP contribution is -2.41. The van der Waals surface area contributed by atoms with Crippen LogP contribution >= 0.6 is 11.8 Å². The van der Waals surface area contributed by atoms with Crippen LogP contribution < -0.4 is 5.32 Å². The number of piperidine rings is 1. The number of benzene rings is 1. The predicted octanol–water partition coefficient (Wildman–Crippen LogP) is 3.31. The first-order valence-corrected chi connectivity index (χ1v) is 8.38. The van der Waals surface area contributed by atoms with E-state index < -0.39 is 0 Å². The van der Waals surface area contributed by atoms with E-state index in [9.17, 15) is 0 Å². The van der Waals surface area contributed by atoms with Crippen LogP contribution in [0.2, 0.25) is 0 Å². The van der Waals surface area contributed by atoms with E-state index in [4.69, 9.17) is 4.52 Å². The molecule has 1 aromatic carbocycles. The van der Waals surface area contributed by atoms with Crippen molar-refractivity contribution in [1.29, 1.82) is 0 Å². The van der Waals surface area contributed by atoms with Gasteiger partial charge in [0.2, 0.25) is 5.89 Å². The molecule has 112 valence electrons. The average molecular weight is 303 g/mol. The van der Waals surface area contributed by atoms with Crippen molar-refractivity contribution < 1.29 is 4.52 Å². The largest absolute Gasteiger partial charge is 0.339 e. The zero-order valence-corrected chi connectivity index (χ0v) is 13.4. The number of aromatic nitrogens is 2. The number of nitrogens with zero attached hydrogens (tertiary/aromatic N) is 2. The number of thioether (sulfide) groups is 1. The van der Waals surface area contributed by atoms with E-state index in [0.717, 1.165) is 43.4 Å². The summed E-state index contributed by atoms with van der Waals surface area (Å²) in [5.74, 6) is 2.30. The summed E-state index contributed by atoms with van der Waals surface area (Å²) >= 11 is 1.75. The molecule has 1 aliphatic heterocycles. The van der Waals surface area contributed by atoms with Crippen LogP contribution in [0, 0.1) is 6.92 Å². The lowest BCUT2D eigenvalue weighted by molar-refractivity contribution is 0.245. The Balaban J connectivity index is 1.65. The fourth-order valence-corrected chi connectivity index (χ4v) is 3.51. The summed E-state index contributed by atoms with van der Waals surface area (Å²) in [7, 11) is 0. The summed E-state index contributed by atoms with van der Waals surface area (Å²) < 4.78 is 5.50. The summed E-state index contributed by atoms with van der Waals surface area (Å²) in [6.07, 6.45) is 2.26. The summed E-state index contributed by atoms with van der Waals surface area (Å²) in [5, 5.41) is 7.55. The van der Waals surface area contributed by atoms with Crippen LogP contribution in [0.1, 0.15) is 37.0 Å². The molecule has 1 saturated heterocycles. The minimum absolute atomic E-state index is 0.0164. The first-order valence-electron chi connectivity index (χ1n) is 7.39. The number of hydrogen-bond acceptors (Lipinski definition) is 5. The van der Waals surface area contributed by atoms with Gasteiger partial charge in [0.05, 0.1) is 11.2 Å². The van der Waals surface area contributed by atoms with Gasteiger partial charge in [0.15, 0.2) is 5.82 Å². The number of aryl methyl sites for hydroxylation is 1. The molecule has 1 aliphatic rings. The molecule has 2 heterocycles. The molecule has 4 nitrogen and oxygen atoms in total. The van der Waals surface area contributed by atoms with Crippen molar-refractivity contribution in [1.82, 2.24) is 15.5 Å². The normalized spacial score (nSPS) is 22.4. The minimum atomic E-state index is -0.0164. The van der Waals surface area contributed by atoms with Gasteiger partial charge in [-0.3, -0.25) is 0 Å². The van der Waals surface area contributed by atoms with Gasteiger partial charge in [-0.25, -0.2) is 0 Å². The van der Waals surface area contributed by atoms with Gasteiger partial charge in [-0.15, -0.1) is 11.8 Å². The first-order chi connectivity index (χ1) is 10.2. The summed E-state index contributed by atoms with van der Waals surface area (Å²) in [6, 6.07) is 8.48. The van der Waals surface area contributed by atoms with Gasteiger partial charge in [-0.05, 0) is 45.4 Å². The molecule has 0 radical (unpaired) electrons. The van der Waals surface area contributed by atoms with E-state index in [1.807, 2.05) is 0 Å². The Bertz CT molecular complexity index is 605. The maximum atomic E-state index is 5.50. The molecule has 1 fully saturated rings.